The van der Waals surface area contributed by atoms with E-state index in [4.69, 9.17) is 21.1 Å². The molecule has 1 saturated carbocycles. The van der Waals surface area contributed by atoms with Crippen molar-refractivity contribution in [1.29, 1.82) is 0 Å². The van der Waals surface area contributed by atoms with Crippen molar-refractivity contribution < 1.29 is 23.5 Å². The highest BCUT2D eigenvalue weighted by molar-refractivity contribution is 6.30. The maximum Gasteiger partial charge on any atom is 0.415 e. The van der Waals surface area contributed by atoms with Crippen LogP contribution in [-0.2, 0) is 9.53 Å². The second-order valence-electron chi connectivity index (χ2n) is 8.43. The van der Waals surface area contributed by atoms with E-state index in [1.54, 1.807) is 14.2 Å². The van der Waals surface area contributed by atoms with Gasteiger partial charge in [0.2, 0.25) is 5.91 Å². The van der Waals surface area contributed by atoms with Gasteiger partial charge in [0, 0.05) is 44.1 Å². The molecule has 1 heterocycles. The predicted octanol–water partition coefficient (Wildman–Crippen LogP) is 4.33. The SMILES string of the molecule is COC1CC(C(=O)N2C[C@@H](N(C)C(=O)Oc3ccc(F)cc3)[C@H](c3ccc(Cl)cc3)C2)C1. The fourth-order valence-corrected chi connectivity index (χ4v) is 4.55. The van der Waals surface area contributed by atoms with Gasteiger partial charge in [-0.2, -0.15) is 0 Å². The van der Waals surface area contributed by atoms with Crippen LogP contribution in [0.2, 0.25) is 5.02 Å². The van der Waals surface area contributed by atoms with Gasteiger partial charge in [-0.1, -0.05) is 23.7 Å². The number of halogens is 2. The van der Waals surface area contributed by atoms with Crippen molar-refractivity contribution in [3.63, 3.8) is 0 Å². The second kappa shape index (κ2) is 9.46. The number of carbonyl (C=O) groups excluding carboxylic acids is 2. The molecule has 2 aromatic carbocycles. The lowest BCUT2D eigenvalue weighted by molar-refractivity contribution is -0.142. The fourth-order valence-electron chi connectivity index (χ4n) is 4.43. The summed E-state index contributed by atoms with van der Waals surface area (Å²) in [5, 5.41) is 0.625. The molecule has 2 aliphatic rings. The normalized spacial score (nSPS) is 24.7. The standard InChI is InChI=1S/C24H26ClFN2O4/c1-27(24(30)32-19-9-7-18(26)8-10-19)22-14-28(23(29)16-11-20(12-16)31-2)13-21(22)15-3-5-17(25)6-4-15/h3-10,16,20-22H,11-14H2,1-2H3/t16?,20?,21-,22+/m0/s1. The van der Waals surface area contributed by atoms with Crippen molar-refractivity contribution in [1.82, 2.24) is 9.80 Å². The summed E-state index contributed by atoms with van der Waals surface area (Å²) >= 11 is 6.06. The molecule has 170 valence electrons. The molecule has 4 rings (SSSR count). The summed E-state index contributed by atoms with van der Waals surface area (Å²) < 4.78 is 23.9. The van der Waals surface area contributed by atoms with Crippen LogP contribution in [0.5, 0.6) is 5.75 Å². The number of methoxy groups -OCH3 is 1. The zero-order valence-electron chi connectivity index (χ0n) is 18.0. The zero-order valence-corrected chi connectivity index (χ0v) is 18.8. The van der Waals surface area contributed by atoms with Crippen LogP contribution >= 0.6 is 11.6 Å². The molecule has 0 bridgehead atoms. The molecular weight excluding hydrogens is 435 g/mol. The third-order valence-electron chi connectivity index (χ3n) is 6.48. The number of carbonyl (C=O) groups is 2. The number of likely N-dealkylation sites (N-methyl/N-ethyl adjacent to an activating group) is 1. The summed E-state index contributed by atoms with van der Waals surface area (Å²) in [7, 11) is 3.33. The average Bonchev–Trinajstić information content (AvgIpc) is 3.20. The lowest BCUT2D eigenvalue weighted by Gasteiger charge is -2.35. The van der Waals surface area contributed by atoms with E-state index in [2.05, 4.69) is 0 Å². The fraction of sp³-hybridized carbons (Fsp3) is 0.417. The van der Waals surface area contributed by atoms with Crippen molar-refractivity contribution in [3.8, 4) is 5.75 Å². The molecular formula is C24H26ClFN2O4. The maximum absolute atomic E-state index is 13.2. The molecule has 0 unspecified atom stereocenters. The van der Waals surface area contributed by atoms with Gasteiger partial charge >= 0.3 is 6.09 Å². The number of nitrogens with zero attached hydrogens (tertiary/aromatic N) is 2. The Labute approximate surface area is 191 Å². The number of amides is 2. The molecule has 2 atom stereocenters. The molecule has 0 spiro atoms. The molecule has 2 aromatic rings. The number of hydrogen-bond donors (Lipinski definition) is 0. The third kappa shape index (κ3) is 4.74. The molecule has 0 radical (unpaired) electrons. The third-order valence-corrected chi connectivity index (χ3v) is 6.73. The second-order valence-corrected chi connectivity index (χ2v) is 8.86. The van der Waals surface area contributed by atoms with Gasteiger partial charge < -0.3 is 19.3 Å². The van der Waals surface area contributed by atoms with Gasteiger partial charge in [0.05, 0.1) is 12.1 Å². The Morgan fingerprint density at radius 2 is 1.72 bits per heavy atom. The van der Waals surface area contributed by atoms with E-state index in [1.165, 1.54) is 29.2 Å². The highest BCUT2D eigenvalue weighted by Crippen LogP contribution is 2.36. The molecule has 0 aromatic heterocycles. The van der Waals surface area contributed by atoms with Crippen molar-refractivity contribution >= 4 is 23.6 Å². The summed E-state index contributed by atoms with van der Waals surface area (Å²) in [6.07, 6.45) is 1.04. The minimum absolute atomic E-state index is 0.0407. The zero-order chi connectivity index (χ0) is 22.8. The van der Waals surface area contributed by atoms with E-state index in [0.29, 0.717) is 18.1 Å². The van der Waals surface area contributed by atoms with E-state index >= 15 is 0 Å². The van der Waals surface area contributed by atoms with Crippen molar-refractivity contribution in [2.24, 2.45) is 5.92 Å². The molecule has 2 fully saturated rings. The number of rotatable bonds is 5. The van der Waals surface area contributed by atoms with Crippen LogP contribution in [-0.4, -0.2) is 61.2 Å². The minimum Gasteiger partial charge on any atom is -0.410 e. The van der Waals surface area contributed by atoms with E-state index in [1.807, 2.05) is 29.2 Å². The van der Waals surface area contributed by atoms with Crippen LogP contribution < -0.4 is 4.74 Å². The van der Waals surface area contributed by atoms with Gasteiger partial charge in [-0.3, -0.25) is 4.79 Å². The summed E-state index contributed by atoms with van der Waals surface area (Å²) in [4.78, 5) is 29.3. The van der Waals surface area contributed by atoms with Gasteiger partial charge in [-0.25, -0.2) is 9.18 Å². The molecule has 32 heavy (non-hydrogen) atoms. The van der Waals surface area contributed by atoms with Crippen LogP contribution in [0.3, 0.4) is 0 Å². The van der Waals surface area contributed by atoms with Gasteiger partial charge in [-0.05, 0) is 54.8 Å². The van der Waals surface area contributed by atoms with Crippen molar-refractivity contribution in [2.45, 2.75) is 30.9 Å². The Balaban J connectivity index is 1.51. The topological polar surface area (TPSA) is 59.1 Å². The maximum atomic E-state index is 13.2. The summed E-state index contributed by atoms with van der Waals surface area (Å²) in [6.45, 7) is 0.919. The number of hydrogen-bond acceptors (Lipinski definition) is 4. The average molecular weight is 461 g/mol. The molecule has 0 N–H and O–H groups in total. The van der Waals surface area contributed by atoms with Gasteiger partial charge in [0.15, 0.2) is 0 Å². The highest BCUT2D eigenvalue weighted by atomic mass is 35.5. The molecule has 1 saturated heterocycles. The monoisotopic (exact) mass is 460 g/mol. The summed E-state index contributed by atoms with van der Waals surface area (Å²) in [5.74, 6) is -0.170. The first-order valence-electron chi connectivity index (χ1n) is 10.6. The van der Waals surface area contributed by atoms with Gasteiger partial charge in [-0.15, -0.1) is 0 Å². The van der Waals surface area contributed by atoms with Crippen molar-refractivity contribution in [3.05, 3.63) is 64.9 Å². The Kier molecular flexibility index (Phi) is 6.67. The van der Waals surface area contributed by atoms with Gasteiger partial charge in [0.1, 0.15) is 11.6 Å². The number of benzene rings is 2. The van der Waals surface area contributed by atoms with Crippen LogP contribution in [0.15, 0.2) is 48.5 Å². The van der Waals surface area contributed by atoms with E-state index in [0.717, 1.165) is 18.4 Å². The Morgan fingerprint density at radius 3 is 2.34 bits per heavy atom. The molecule has 1 aliphatic heterocycles. The number of ether oxygens (including phenoxy) is 2. The summed E-state index contributed by atoms with van der Waals surface area (Å²) in [6, 6.07) is 12.5. The van der Waals surface area contributed by atoms with Crippen molar-refractivity contribution in [2.75, 3.05) is 27.2 Å². The van der Waals surface area contributed by atoms with E-state index in [-0.39, 0.29) is 35.6 Å². The lowest BCUT2D eigenvalue weighted by Crippen LogP contribution is -2.46. The van der Waals surface area contributed by atoms with Gasteiger partial charge in [0.25, 0.3) is 0 Å². The first-order valence-corrected chi connectivity index (χ1v) is 11.0. The smallest absolute Gasteiger partial charge is 0.410 e. The van der Waals surface area contributed by atoms with E-state index in [9.17, 15) is 14.0 Å². The Bertz CT molecular complexity index is 963. The Morgan fingerprint density at radius 1 is 1.06 bits per heavy atom. The number of likely N-dealkylation sites (tertiary alicyclic amines) is 1. The van der Waals surface area contributed by atoms with Crippen LogP contribution in [0.25, 0.3) is 0 Å². The minimum atomic E-state index is -0.557. The summed E-state index contributed by atoms with van der Waals surface area (Å²) in [5.41, 5.74) is 1.000. The first kappa shape index (κ1) is 22.6. The molecule has 6 nitrogen and oxygen atoms in total. The molecule has 2 amide bonds. The van der Waals surface area contributed by atoms with E-state index < -0.39 is 11.9 Å². The van der Waals surface area contributed by atoms with Crippen LogP contribution in [0, 0.1) is 11.7 Å². The molecule has 1 aliphatic carbocycles. The molecule has 8 heteroatoms. The largest absolute Gasteiger partial charge is 0.415 e. The lowest BCUT2D eigenvalue weighted by atomic mass is 9.81. The van der Waals surface area contributed by atoms with Crippen LogP contribution in [0.4, 0.5) is 9.18 Å². The predicted molar refractivity (Wildman–Crippen MR) is 118 cm³/mol. The van der Waals surface area contributed by atoms with Crippen LogP contribution in [0.1, 0.15) is 24.3 Å². The quantitative estimate of drug-likeness (QED) is 0.666. The Hall–Kier alpha value is -2.64. The first-order chi connectivity index (χ1) is 15.4. The highest BCUT2D eigenvalue weighted by Gasteiger charge is 2.44.